The second-order valence-corrected chi connectivity index (χ2v) is 6.34. The van der Waals surface area contributed by atoms with E-state index in [1.165, 1.54) is 23.5 Å². The highest BCUT2D eigenvalue weighted by atomic mass is 32.1. The van der Waals surface area contributed by atoms with E-state index in [9.17, 15) is 14.5 Å². The van der Waals surface area contributed by atoms with Crippen LogP contribution in [0.3, 0.4) is 0 Å². The highest BCUT2D eigenvalue weighted by Crippen LogP contribution is 2.36. The lowest BCUT2D eigenvalue weighted by Gasteiger charge is -2.00. The fraction of sp³-hybridized carbons (Fsp3) is 0.100. The van der Waals surface area contributed by atoms with Crippen LogP contribution >= 0.6 is 11.3 Å². The number of nitro groups is 1. The maximum Gasteiger partial charge on any atom is 0.305 e. The van der Waals surface area contributed by atoms with Gasteiger partial charge in [-0.2, -0.15) is 9.65 Å². The molecule has 0 bridgehead atoms. The van der Waals surface area contributed by atoms with Gasteiger partial charge in [0.25, 0.3) is 0 Å². The normalized spacial score (nSPS) is 10.2. The highest BCUT2D eigenvalue weighted by molar-refractivity contribution is 7.16. The van der Waals surface area contributed by atoms with Crippen LogP contribution in [0.4, 0.5) is 10.1 Å². The summed E-state index contributed by atoms with van der Waals surface area (Å²) in [6.45, 7) is 4.00. The fourth-order valence-corrected chi connectivity index (χ4v) is 3.58. The van der Waals surface area contributed by atoms with Gasteiger partial charge in [0, 0.05) is 28.8 Å². The van der Waals surface area contributed by atoms with Crippen LogP contribution < -0.4 is 0 Å². The number of nitriles is 1. The van der Waals surface area contributed by atoms with Gasteiger partial charge in [-0.3, -0.25) is 14.5 Å². The summed E-state index contributed by atoms with van der Waals surface area (Å²) in [4.78, 5) is 15.5. The topological polar surface area (TPSA) is 84.2 Å². The van der Waals surface area contributed by atoms with Gasteiger partial charge in [-0.05, 0) is 30.3 Å². The van der Waals surface area contributed by atoms with Crippen molar-refractivity contribution in [1.82, 2.24) is 9.38 Å². The summed E-state index contributed by atoms with van der Waals surface area (Å²) in [5, 5.41) is 21.8. The Hall–Kier alpha value is -3.57. The third kappa shape index (κ3) is 3.23. The van der Waals surface area contributed by atoms with Crippen molar-refractivity contribution < 1.29 is 9.31 Å². The average molecular weight is 394 g/mol. The Balaban J connectivity index is 0.00000109. The van der Waals surface area contributed by atoms with Gasteiger partial charge < -0.3 is 0 Å². The molecule has 0 saturated heterocycles. The first-order valence-electron chi connectivity index (χ1n) is 8.49. The van der Waals surface area contributed by atoms with Gasteiger partial charge in [-0.15, -0.1) is 11.3 Å². The summed E-state index contributed by atoms with van der Waals surface area (Å²) in [7, 11) is 0. The van der Waals surface area contributed by atoms with Gasteiger partial charge in [0.05, 0.1) is 16.6 Å². The van der Waals surface area contributed by atoms with E-state index in [0.717, 1.165) is 11.6 Å². The van der Waals surface area contributed by atoms with Crippen LogP contribution in [0.15, 0.2) is 54.0 Å². The second-order valence-electron chi connectivity index (χ2n) is 5.45. The standard InChI is InChI=1S/C18H9FN4O2S.C2H6/c19-15-13(2-1-3-14(15)23(24)25)16-18-22(8-9-26-18)17(21-16)12-6-4-11(10-20)5-7-12;1-2/h1-9H;1-2H3. The second kappa shape index (κ2) is 7.98. The summed E-state index contributed by atoms with van der Waals surface area (Å²) in [5.74, 6) is -0.330. The van der Waals surface area contributed by atoms with Crippen molar-refractivity contribution in [3.8, 4) is 28.7 Å². The molecule has 4 rings (SSSR count). The van der Waals surface area contributed by atoms with Gasteiger partial charge in [-0.25, -0.2) is 4.98 Å². The van der Waals surface area contributed by atoms with Gasteiger partial charge >= 0.3 is 5.69 Å². The van der Waals surface area contributed by atoms with Crippen molar-refractivity contribution in [1.29, 1.82) is 5.26 Å². The average Bonchev–Trinajstić information content (AvgIpc) is 3.33. The SMILES string of the molecule is CC.N#Cc1ccc(-c2nc(-c3cccc([N+](=O)[O-])c3F)c3sccn23)cc1. The lowest BCUT2D eigenvalue weighted by molar-refractivity contribution is -0.387. The molecule has 0 radical (unpaired) electrons. The summed E-state index contributed by atoms with van der Waals surface area (Å²) >= 11 is 1.37. The van der Waals surface area contributed by atoms with Crippen molar-refractivity contribution in [2.75, 3.05) is 0 Å². The van der Waals surface area contributed by atoms with Crippen LogP contribution in [0.5, 0.6) is 0 Å². The Bertz CT molecular complexity index is 1190. The molecule has 0 N–H and O–H groups in total. The smallest absolute Gasteiger partial charge is 0.290 e. The summed E-state index contributed by atoms with van der Waals surface area (Å²) in [6.07, 6.45) is 1.80. The molecular weight excluding hydrogens is 379 g/mol. The molecule has 0 spiro atoms. The number of rotatable bonds is 3. The molecule has 0 saturated carbocycles. The van der Waals surface area contributed by atoms with Crippen LogP contribution in [-0.4, -0.2) is 14.3 Å². The molecule has 0 atom stereocenters. The number of aromatic nitrogens is 2. The van der Waals surface area contributed by atoms with Crippen LogP contribution in [0.25, 0.3) is 27.5 Å². The highest BCUT2D eigenvalue weighted by Gasteiger charge is 2.23. The maximum absolute atomic E-state index is 14.6. The van der Waals surface area contributed by atoms with E-state index in [0.29, 0.717) is 21.9 Å². The molecule has 28 heavy (non-hydrogen) atoms. The Morgan fingerprint density at radius 2 is 1.93 bits per heavy atom. The summed E-state index contributed by atoms with van der Waals surface area (Å²) in [6, 6.07) is 13.0. The van der Waals surface area contributed by atoms with Crippen LogP contribution in [0.2, 0.25) is 0 Å². The zero-order valence-electron chi connectivity index (χ0n) is 15.1. The zero-order valence-corrected chi connectivity index (χ0v) is 15.9. The molecule has 2 heterocycles. The predicted octanol–water partition coefficient (Wildman–Crippen LogP) is 5.67. The molecule has 0 aliphatic carbocycles. The summed E-state index contributed by atoms with van der Waals surface area (Å²) < 4.78 is 16.4. The van der Waals surface area contributed by atoms with E-state index in [-0.39, 0.29) is 5.56 Å². The van der Waals surface area contributed by atoms with Crippen LogP contribution in [-0.2, 0) is 0 Å². The molecule has 0 aliphatic rings. The van der Waals surface area contributed by atoms with Crippen molar-refractivity contribution in [2.45, 2.75) is 13.8 Å². The fourth-order valence-electron chi connectivity index (χ4n) is 2.74. The van der Waals surface area contributed by atoms with E-state index in [2.05, 4.69) is 11.1 Å². The number of fused-ring (bicyclic) bond motifs is 1. The molecule has 2 aromatic carbocycles. The molecule has 0 fully saturated rings. The first kappa shape index (κ1) is 19.2. The third-order valence-corrected chi connectivity index (χ3v) is 4.83. The first-order valence-corrected chi connectivity index (χ1v) is 9.37. The van der Waals surface area contributed by atoms with Gasteiger partial charge in [0.1, 0.15) is 16.3 Å². The van der Waals surface area contributed by atoms with E-state index >= 15 is 0 Å². The molecule has 8 heteroatoms. The minimum atomic E-state index is -0.905. The number of nitrogens with zero attached hydrogens (tertiary/aromatic N) is 4. The number of imidazole rings is 1. The van der Waals surface area contributed by atoms with Crippen LogP contribution in [0.1, 0.15) is 19.4 Å². The Morgan fingerprint density at radius 3 is 2.57 bits per heavy atom. The number of halogens is 1. The van der Waals surface area contributed by atoms with Crippen molar-refractivity contribution in [3.05, 3.63) is 75.5 Å². The van der Waals surface area contributed by atoms with Crippen molar-refractivity contribution in [3.63, 3.8) is 0 Å². The number of nitro benzene ring substituents is 1. The lowest BCUT2D eigenvalue weighted by atomic mass is 10.1. The monoisotopic (exact) mass is 394 g/mol. The molecule has 0 unspecified atom stereocenters. The number of hydrogen-bond acceptors (Lipinski definition) is 5. The first-order chi connectivity index (χ1) is 13.6. The molecule has 2 aromatic heterocycles. The Morgan fingerprint density at radius 1 is 1.21 bits per heavy atom. The van der Waals surface area contributed by atoms with E-state index in [4.69, 9.17) is 5.26 Å². The van der Waals surface area contributed by atoms with E-state index < -0.39 is 16.4 Å². The lowest BCUT2D eigenvalue weighted by Crippen LogP contribution is -1.94. The minimum Gasteiger partial charge on any atom is -0.290 e. The number of thiazole rings is 1. The quantitative estimate of drug-likeness (QED) is 0.331. The summed E-state index contributed by atoms with van der Waals surface area (Å²) in [5.41, 5.74) is 1.13. The Labute approximate surface area is 164 Å². The van der Waals surface area contributed by atoms with Crippen LogP contribution in [0, 0.1) is 27.3 Å². The van der Waals surface area contributed by atoms with Crippen molar-refractivity contribution in [2.24, 2.45) is 0 Å². The molecule has 140 valence electrons. The Kier molecular flexibility index (Phi) is 5.47. The molecule has 4 aromatic rings. The van der Waals surface area contributed by atoms with E-state index in [1.54, 1.807) is 34.9 Å². The number of hydrogen-bond donors (Lipinski definition) is 0. The van der Waals surface area contributed by atoms with Gasteiger partial charge in [0.2, 0.25) is 5.82 Å². The minimum absolute atomic E-state index is 0.0824. The molecule has 0 amide bonds. The van der Waals surface area contributed by atoms with Gasteiger partial charge in [-0.1, -0.05) is 19.9 Å². The van der Waals surface area contributed by atoms with E-state index in [1.807, 2.05) is 19.2 Å². The third-order valence-electron chi connectivity index (χ3n) is 3.96. The van der Waals surface area contributed by atoms with Gasteiger partial charge in [0.15, 0.2) is 0 Å². The molecular formula is C20H15FN4O2S. The number of benzene rings is 2. The largest absolute Gasteiger partial charge is 0.305 e. The molecule has 6 nitrogen and oxygen atoms in total. The zero-order chi connectivity index (χ0) is 20.3. The predicted molar refractivity (Wildman–Crippen MR) is 107 cm³/mol. The molecule has 0 aliphatic heterocycles. The maximum atomic E-state index is 14.6. The van der Waals surface area contributed by atoms with Crippen molar-refractivity contribution >= 4 is 21.9 Å².